The summed E-state index contributed by atoms with van der Waals surface area (Å²) in [5, 5.41) is 2.97. The highest BCUT2D eigenvalue weighted by Crippen LogP contribution is 2.35. The van der Waals surface area contributed by atoms with E-state index in [1.165, 1.54) is 4.90 Å². The molecule has 1 fully saturated rings. The molecule has 3 aliphatic heterocycles. The summed E-state index contributed by atoms with van der Waals surface area (Å²) in [6.07, 6.45) is 0.955. The molecule has 0 unspecified atom stereocenters. The van der Waals surface area contributed by atoms with E-state index < -0.39 is 5.72 Å². The molecule has 160 valence electrons. The topological polar surface area (TPSA) is 88.2 Å². The molecule has 1 N–H and O–H groups in total. The second kappa shape index (κ2) is 7.30. The van der Waals surface area contributed by atoms with Gasteiger partial charge in [0.05, 0.1) is 11.3 Å². The van der Waals surface area contributed by atoms with Gasteiger partial charge in [-0.15, -0.1) is 0 Å². The molecule has 0 aromatic heterocycles. The van der Waals surface area contributed by atoms with Gasteiger partial charge in [0, 0.05) is 25.9 Å². The Bertz CT molecular complexity index is 1070. The third-order valence-corrected chi connectivity index (χ3v) is 6.05. The molecule has 0 aliphatic carbocycles. The third kappa shape index (κ3) is 3.48. The number of nitrogens with one attached hydrogen (secondary N) is 1. The number of likely N-dealkylation sites (tertiary alicyclic amines) is 1. The fraction of sp³-hybridized carbons (Fsp3) is 0.348. The first-order valence-corrected chi connectivity index (χ1v) is 10.4. The minimum atomic E-state index is -0.805. The number of fused-ring (bicyclic) bond motifs is 2. The number of amides is 3. The Labute approximate surface area is 179 Å². The third-order valence-electron chi connectivity index (χ3n) is 6.05. The molecule has 0 bridgehead atoms. The summed E-state index contributed by atoms with van der Waals surface area (Å²) in [5.74, 6) is 0.636. The minimum Gasteiger partial charge on any atom is -0.482 e. The summed E-state index contributed by atoms with van der Waals surface area (Å²) in [6.45, 7) is 2.68. The first kappa shape index (κ1) is 19.4. The van der Waals surface area contributed by atoms with Crippen LogP contribution in [0.3, 0.4) is 0 Å². The number of ether oxygens (including phenoxy) is 2. The molecule has 2 aromatic carbocycles. The van der Waals surface area contributed by atoms with Gasteiger partial charge in [0.15, 0.2) is 12.3 Å². The van der Waals surface area contributed by atoms with Crippen molar-refractivity contribution < 1.29 is 23.9 Å². The van der Waals surface area contributed by atoms with Crippen molar-refractivity contribution in [2.24, 2.45) is 0 Å². The zero-order valence-corrected chi connectivity index (χ0v) is 17.2. The molecule has 3 amide bonds. The van der Waals surface area contributed by atoms with Gasteiger partial charge in [0.2, 0.25) is 5.91 Å². The first-order valence-electron chi connectivity index (χ1n) is 10.4. The van der Waals surface area contributed by atoms with Gasteiger partial charge in [-0.1, -0.05) is 18.2 Å². The zero-order valence-electron chi connectivity index (χ0n) is 17.2. The summed E-state index contributed by atoms with van der Waals surface area (Å²) >= 11 is 0. The van der Waals surface area contributed by atoms with E-state index in [9.17, 15) is 14.4 Å². The van der Waals surface area contributed by atoms with Gasteiger partial charge in [-0.25, -0.2) is 0 Å². The molecule has 2 aromatic rings. The summed E-state index contributed by atoms with van der Waals surface area (Å²) in [5.41, 5.74) is 1.32. The van der Waals surface area contributed by atoms with Crippen LogP contribution in [0.2, 0.25) is 0 Å². The number of hydrogen-bond donors (Lipinski definition) is 1. The van der Waals surface area contributed by atoms with Crippen molar-refractivity contribution in [2.75, 3.05) is 31.1 Å². The number of benzene rings is 2. The number of carbonyl (C=O) groups excluding carboxylic acids is 3. The summed E-state index contributed by atoms with van der Waals surface area (Å²) < 4.78 is 11.6. The number of rotatable bonds is 2. The fourth-order valence-electron chi connectivity index (χ4n) is 4.32. The van der Waals surface area contributed by atoms with Crippen molar-refractivity contribution in [1.29, 1.82) is 0 Å². The van der Waals surface area contributed by atoms with E-state index in [0.717, 1.165) is 5.56 Å². The van der Waals surface area contributed by atoms with Crippen LogP contribution >= 0.6 is 0 Å². The Morgan fingerprint density at radius 2 is 1.87 bits per heavy atom. The predicted molar refractivity (Wildman–Crippen MR) is 112 cm³/mol. The van der Waals surface area contributed by atoms with Crippen LogP contribution in [0.15, 0.2) is 42.5 Å². The van der Waals surface area contributed by atoms with Crippen LogP contribution < -0.4 is 19.7 Å². The molecular formula is C23H23N3O5. The number of para-hydroxylation sites is 1. The molecule has 8 heteroatoms. The number of piperidine rings is 1. The van der Waals surface area contributed by atoms with Gasteiger partial charge >= 0.3 is 0 Å². The van der Waals surface area contributed by atoms with Gasteiger partial charge in [-0.05, 0) is 36.8 Å². The van der Waals surface area contributed by atoms with E-state index >= 15 is 0 Å². The fourth-order valence-corrected chi connectivity index (χ4v) is 4.32. The highest BCUT2D eigenvalue weighted by Gasteiger charge is 2.43. The standard InChI is InChI=1S/C23H23N3O5/c1-15-6-7-19-17(12-15)26(21(28)14-30-19)13-20(27)25-10-8-23(9-11-25)24-22(29)16-4-2-3-5-18(16)31-23/h2-7,12H,8-11,13-14H2,1H3,(H,24,29). The Hall–Kier alpha value is -3.55. The highest BCUT2D eigenvalue weighted by molar-refractivity contribution is 6.02. The number of anilines is 1. The monoisotopic (exact) mass is 421 g/mol. The van der Waals surface area contributed by atoms with E-state index in [-0.39, 0.29) is 30.9 Å². The van der Waals surface area contributed by atoms with Crippen LogP contribution in [0, 0.1) is 6.92 Å². The number of hydrogen-bond acceptors (Lipinski definition) is 5. The average Bonchev–Trinajstić information content (AvgIpc) is 2.76. The maximum Gasteiger partial charge on any atom is 0.265 e. The lowest BCUT2D eigenvalue weighted by Crippen LogP contribution is -2.62. The molecule has 0 radical (unpaired) electrons. The van der Waals surface area contributed by atoms with Crippen molar-refractivity contribution >= 4 is 23.4 Å². The van der Waals surface area contributed by atoms with E-state index in [1.807, 2.05) is 31.2 Å². The lowest BCUT2D eigenvalue weighted by atomic mass is 9.97. The summed E-state index contributed by atoms with van der Waals surface area (Å²) in [7, 11) is 0. The van der Waals surface area contributed by atoms with E-state index in [2.05, 4.69) is 5.32 Å². The minimum absolute atomic E-state index is 0.0400. The maximum absolute atomic E-state index is 13.0. The Kier molecular flexibility index (Phi) is 4.57. The Morgan fingerprint density at radius 1 is 1.10 bits per heavy atom. The molecular weight excluding hydrogens is 398 g/mol. The molecule has 31 heavy (non-hydrogen) atoms. The van der Waals surface area contributed by atoms with Crippen molar-refractivity contribution in [3.05, 3.63) is 53.6 Å². The summed E-state index contributed by atoms with van der Waals surface area (Å²) in [6, 6.07) is 12.7. The Morgan fingerprint density at radius 3 is 2.68 bits per heavy atom. The van der Waals surface area contributed by atoms with Crippen molar-refractivity contribution in [2.45, 2.75) is 25.5 Å². The smallest absolute Gasteiger partial charge is 0.265 e. The molecule has 3 aliphatic rings. The molecule has 8 nitrogen and oxygen atoms in total. The van der Waals surface area contributed by atoms with Gasteiger partial charge in [0.1, 0.15) is 18.0 Å². The molecule has 0 atom stereocenters. The van der Waals surface area contributed by atoms with Gasteiger partial charge in [-0.3, -0.25) is 19.3 Å². The average molecular weight is 421 g/mol. The largest absolute Gasteiger partial charge is 0.482 e. The Balaban J connectivity index is 1.27. The molecule has 3 heterocycles. The van der Waals surface area contributed by atoms with Crippen LogP contribution in [0.25, 0.3) is 0 Å². The van der Waals surface area contributed by atoms with E-state index in [0.29, 0.717) is 48.7 Å². The molecule has 1 spiro atoms. The van der Waals surface area contributed by atoms with Crippen molar-refractivity contribution in [1.82, 2.24) is 10.2 Å². The number of aryl methyl sites for hydroxylation is 1. The molecule has 0 saturated carbocycles. The quantitative estimate of drug-likeness (QED) is 0.800. The van der Waals surface area contributed by atoms with Crippen LogP contribution in [0.1, 0.15) is 28.8 Å². The van der Waals surface area contributed by atoms with Crippen LogP contribution in [-0.4, -0.2) is 54.6 Å². The zero-order chi connectivity index (χ0) is 21.6. The van der Waals surface area contributed by atoms with Crippen molar-refractivity contribution in [3.63, 3.8) is 0 Å². The van der Waals surface area contributed by atoms with Crippen LogP contribution in [0.4, 0.5) is 5.69 Å². The molecule has 1 saturated heterocycles. The number of carbonyl (C=O) groups is 3. The lowest BCUT2D eigenvalue weighted by molar-refractivity contribution is -0.135. The SMILES string of the molecule is Cc1ccc2c(c1)N(CC(=O)N1CCC3(CC1)NC(=O)c1ccccc1O3)C(=O)CO2. The lowest BCUT2D eigenvalue weighted by Gasteiger charge is -2.44. The maximum atomic E-state index is 13.0. The normalized spacial score (nSPS) is 19.1. The first-order chi connectivity index (χ1) is 14.9. The van der Waals surface area contributed by atoms with Crippen LogP contribution in [0.5, 0.6) is 11.5 Å². The molecule has 5 rings (SSSR count). The predicted octanol–water partition coefficient (Wildman–Crippen LogP) is 1.86. The van der Waals surface area contributed by atoms with Gasteiger partial charge in [-0.2, -0.15) is 0 Å². The van der Waals surface area contributed by atoms with Crippen LogP contribution in [-0.2, 0) is 9.59 Å². The van der Waals surface area contributed by atoms with E-state index in [4.69, 9.17) is 9.47 Å². The summed E-state index contributed by atoms with van der Waals surface area (Å²) in [4.78, 5) is 41.2. The van der Waals surface area contributed by atoms with Gasteiger partial charge < -0.3 is 19.7 Å². The second-order valence-corrected chi connectivity index (χ2v) is 8.17. The number of nitrogens with zero attached hydrogens (tertiary/aromatic N) is 2. The highest BCUT2D eigenvalue weighted by atomic mass is 16.5. The van der Waals surface area contributed by atoms with Gasteiger partial charge in [0.25, 0.3) is 11.8 Å². The van der Waals surface area contributed by atoms with E-state index in [1.54, 1.807) is 23.1 Å². The van der Waals surface area contributed by atoms with Crippen molar-refractivity contribution in [3.8, 4) is 11.5 Å². The second-order valence-electron chi connectivity index (χ2n) is 8.17.